The molecule has 26 heavy (non-hydrogen) atoms. The fourth-order valence-corrected chi connectivity index (χ4v) is 4.70. The molecule has 0 radical (unpaired) electrons. The number of nitrogens with zero attached hydrogens (tertiary/aromatic N) is 2. The summed E-state index contributed by atoms with van der Waals surface area (Å²) >= 11 is 6.67. The molecule has 3 aromatic rings. The Morgan fingerprint density at radius 2 is 1.81 bits per heavy atom. The van der Waals surface area contributed by atoms with Gasteiger partial charge in [-0.1, -0.05) is 53.3 Å². The van der Waals surface area contributed by atoms with Gasteiger partial charge in [-0.05, 0) is 23.8 Å². The number of sulfone groups is 1. The van der Waals surface area contributed by atoms with Crippen molar-refractivity contribution in [1.82, 2.24) is 10.2 Å². The Balaban J connectivity index is 1.78. The second-order valence-corrected chi connectivity index (χ2v) is 8.71. The molecule has 0 aliphatic carbocycles. The molecule has 6 nitrogen and oxygen atoms in total. The maximum Gasteiger partial charge on any atom is 0.260 e. The third-order valence-electron chi connectivity index (χ3n) is 3.31. The Morgan fingerprint density at radius 3 is 2.54 bits per heavy atom. The van der Waals surface area contributed by atoms with E-state index in [0.717, 1.165) is 6.07 Å². The molecule has 0 aliphatic heterocycles. The molecule has 1 N–H and O–H groups in total. The Hall–Kier alpha value is -2.36. The van der Waals surface area contributed by atoms with E-state index in [2.05, 4.69) is 15.5 Å². The van der Waals surface area contributed by atoms with E-state index >= 15 is 0 Å². The van der Waals surface area contributed by atoms with Gasteiger partial charge < -0.3 is 0 Å². The molecule has 1 amide bonds. The fraction of sp³-hybridized carbons (Fsp3) is 0.0625. The minimum atomic E-state index is -3.79. The van der Waals surface area contributed by atoms with E-state index in [1.54, 1.807) is 24.3 Å². The van der Waals surface area contributed by atoms with Crippen LogP contribution in [0.1, 0.15) is 15.9 Å². The lowest BCUT2D eigenvalue weighted by Crippen LogP contribution is -2.13. The summed E-state index contributed by atoms with van der Waals surface area (Å²) in [7, 11) is -3.79. The summed E-state index contributed by atoms with van der Waals surface area (Å²) in [6.45, 7) is 0. The van der Waals surface area contributed by atoms with Crippen molar-refractivity contribution in [2.75, 3.05) is 5.32 Å². The van der Waals surface area contributed by atoms with Gasteiger partial charge in [-0.25, -0.2) is 12.8 Å². The highest BCUT2D eigenvalue weighted by molar-refractivity contribution is 7.92. The second-order valence-electron chi connectivity index (χ2n) is 5.16. The fourth-order valence-electron chi connectivity index (χ4n) is 2.08. The van der Waals surface area contributed by atoms with Crippen LogP contribution in [0.3, 0.4) is 0 Å². The van der Waals surface area contributed by atoms with Crippen LogP contribution in [0.25, 0.3) is 0 Å². The third-order valence-corrected chi connectivity index (χ3v) is 6.63. The monoisotopic (exact) mass is 411 g/mol. The minimum Gasteiger partial charge on any atom is -0.296 e. The van der Waals surface area contributed by atoms with Gasteiger partial charge in [0.1, 0.15) is 5.82 Å². The first-order chi connectivity index (χ1) is 12.4. The van der Waals surface area contributed by atoms with E-state index in [1.165, 1.54) is 18.2 Å². The van der Waals surface area contributed by atoms with Crippen molar-refractivity contribution in [2.45, 2.75) is 10.1 Å². The average Bonchev–Trinajstić information content (AvgIpc) is 3.06. The topological polar surface area (TPSA) is 89.0 Å². The predicted octanol–water partition coefficient (Wildman–Crippen LogP) is 3.56. The van der Waals surface area contributed by atoms with Crippen molar-refractivity contribution < 1.29 is 17.6 Å². The molecule has 0 atom stereocenters. The number of carbonyl (C=O) groups excluding carboxylic acids is 1. The molecule has 0 saturated heterocycles. The van der Waals surface area contributed by atoms with Gasteiger partial charge in [0.05, 0.1) is 11.3 Å². The summed E-state index contributed by atoms with van der Waals surface area (Å²) in [6.07, 6.45) is 0. The molecule has 10 heteroatoms. The first kappa shape index (κ1) is 18.4. The first-order valence-electron chi connectivity index (χ1n) is 7.22. The molecule has 0 bridgehead atoms. The second kappa shape index (κ2) is 7.48. The van der Waals surface area contributed by atoms with Gasteiger partial charge in [0, 0.05) is 5.02 Å². The van der Waals surface area contributed by atoms with Gasteiger partial charge in [0.25, 0.3) is 5.91 Å². The van der Waals surface area contributed by atoms with Crippen molar-refractivity contribution in [1.29, 1.82) is 0 Å². The SMILES string of the molecule is O=C(Nc1nnc(S(=O)(=O)Cc2ccccc2Cl)s1)c1ccccc1F. The number of aromatic nitrogens is 2. The van der Waals surface area contributed by atoms with Crippen LogP contribution in [-0.4, -0.2) is 24.5 Å². The van der Waals surface area contributed by atoms with Crippen LogP contribution >= 0.6 is 22.9 Å². The molecular formula is C16H11ClFN3O3S2. The minimum absolute atomic E-state index is 0.0454. The van der Waals surface area contributed by atoms with E-state index < -0.39 is 21.6 Å². The van der Waals surface area contributed by atoms with Crippen LogP contribution in [0.4, 0.5) is 9.52 Å². The number of rotatable bonds is 5. The maximum absolute atomic E-state index is 13.6. The summed E-state index contributed by atoms with van der Waals surface area (Å²) in [4.78, 5) is 12.1. The van der Waals surface area contributed by atoms with Crippen molar-refractivity contribution >= 4 is 43.8 Å². The molecule has 0 unspecified atom stereocenters. The summed E-state index contributed by atoms with van der Waals surface area (Å²) in [5.41, 5.74) is 0.254. The maximum atomic E-state index is 13.6. The zero-order valence-electron chi connectivity index (χ0n) is 13.0. The largest absolute Gasteiger partial charge is 0.296 e. The number of amides is 1. The van der Waals surface area contributed by atoms with Crippen LogP contribution < -0.4 is 5.32 Å². The van der Waals surface area contributed by atoms with Crippen molar-refractivity contribution in [3.8, 4) is 0 Å². The van der Waals surface area contributed by atoms with E-state index in [9.17, 15) is 17.6 Å². The number of carbonyl (C=O) groups is 1. The first-order valence-corrected chi connectivity index (χ1v) is 10.1. The quantitative estimate of drug-likeness (QED) is 0.648. The number of benzene rings is 2. The number of hydrogen-bond acceptors (Lipinski definition) is 6. The summed E-state index contributed by atoms with van der Waals surface area (Å²) in [5, 5.41) is 9.88. The van der Waals surface area contributed by atoms with E-state index in [1.807, 2.05) is 0 Å². The van der Waals surface area contributed by atoms with E-state index in [-0.39, 0.29) is 20.8 Å². The van der Waals surface area contributed by atoms with Crippen LogP contribution in [0, 0.1) is 5.82 Å². The highest BCUT2D eigenvalue weighted by Crippen LogP contribution is 2.26. The van der Waals surface area contributed by atoms with Crippen LogP contribution in [0.15, 0.2) is 52.9 Å². The van der Waals surface area contributed by atoms with Gasteiger partial charge in [-0.2, -0.15) is 0 Å². The van der Waals surface area contributed by atoms with E-state index in [0.29, 0.717) is 21.9 Å². The highest BCUT2D eigenvalue weighted by atomic mass is 35.5. The van der Waals surface area contributed by atoms with Crippen LogP contribution in [0.2, 0.25) is 5.02 Å². The standard InChI is InChI=1S/C16H11ClFN3O3S2/c17-12-7-3-1-5-10(12)9-26(23,24)16-21-20-15(25-16)19-14(22)11-6-2-4-8-13(11)18/h1-8H,9H2,(H,19,20,22). The zero-order valence-corrected chi connectivity index (χ0v) is 15.4. The van der Waals surface area contributed by atoms with Gasteiger partial charge in [0.15, 0.2) is 0 Å². The molecule has 1 heterocycles. The van der Waals surface area contributed by atoms with Gasteiger partial charge in [-0.15, -0.1) is 10.2 Å². The van der Waals surface area contributed by atoms with Crippen LogP contribution in [0.5, 0.6) is 0 Å². The van der Waals surface area contributed by atoms with Crippen molar-refractivity contribution in [2.24, 2.45) is 0 Å². The third kappa shape index (κ3) is 4.06. The van der Waals surface area contributed by atoms with Gasteiger partial charge in [-0.3, -0.25) is 10.1 Å². The lowest BCUT2D eigenvalue weighted by Gasteiger charge is -2.03. The number of anilines is 1. The molecule has 2 aromatic carbocycles. The Bertz CT molecular complexity index is 1070. The number of halogens is 2. The number of hydrogen-bond donors (Lipinski definition) is 1. The molecule has 3 rings (SSSR count). The molecule has 0 spiro atoms. The summed E-state index contributed by atoms with van der Waals surface area (Å²) in [5.74, 6) is -1.78. The molecule has 0 aliphatic rings. The highest BCUT2D eigenvalue weighted by Gasteiger charge is 2.23. The summed E-state index contributed by atoms with van der Waals surface area (Å²) < 4.78 is 38.3. The van der Waals surface area contributed by atoms with Crippen molar-refractivity contribution in [3.63, 3.8) is 0 Å². The Morgan fingerprint density at radius 1 is 1.12 bits per heavy atom. The summed E-state index contributed by atoms with van der Waals surface area (Å²) in [6, 6.07) is 12.0. The number of nitrogens with one attached hydrogen (secondary N) is 1. The molecule has 0 fully saturated rings. The molecular weight excluding hydrogens is 401 g/mol. The van der Waals surface area contributed by atoms with Gasteiger partial charge >= 0.3 is 0 Å². The zero-order chi connectivity index (χ0) is 18.7. The molecule has 0 saturated carbocycles. The lowest BCUT2D eigenvalue weighted by atomic mass is 10.2. The normalized spacial score (nSPS) is 11.3. The van der Waals surface area contributed by atoms with Crippen molar-refractivity contribution in [3.05, 3.63) is 70.5 Å². The lowest BCUT2D eigenvalue weighted by molar-refractivity contribution is 0.102. The van der Waals surface area contributed by atoms with Gasteiger partial charge in [0.2, 0.25) is 19.3 Å². The Labute approximate surface area is 157 Å². The smallest absolute Gasteiger partial charge is 0.260 e. The van der Waals surface area contributed by atoms with E-state index in [4.69, 9.17) is 11.6 Å². The molecule has 1 aromatic heterocycles. The Kier molecular flexibility index (Phi) is 5.30. The van der Waals surface area contributed by atoms with Crippen LogP contribution in [-0.2, 0) is 15.6 Å². The predicted molar refractivity (Wildman–Crippen MR) is 96.6 cm³/mol. The average molecular weight is 412 g/mol. The molecule has 134 valence electrons.